The number of rotatable bonds is 2. The number of hydrogen-bond acceptors (Lipinski definition) is 3. The Balaban J connectivity index is 2.13. The van der Waals surface area contributed by atoms with Crippen molar-refractivity contribution in [3.8, 4) is 0 Å². The Hall–Kier alpha value is -1.26. The van der Waals surface area contributed by atoms with Crippen molar-refractivity contribution in [3.63, 3.8) is 0 Å². The third-order valence-corrected chi connectivity index (χ3v) is 2.35. The van der Waals surface area contributed by atoms with Gasteiger partial charge in [-0.1, -0.05) is 12.1 Å². The van der Waals surface area contributed by atoms with E-state index in [9.17, 15) is 9.18 Å². The Morgan fingerprint density at radius 2 is 2.29 bits per heavy atom. The fourth-order valence-corrected chi connectivity index (χ4v) is 1.61. The molecule has 1 aliphatic rings. The molecule has 1 fully saturated rings. The highest BCUT2D eigenvalue weighted by molar-refractivity contribution is 5.58. The van der Waals surface area contributed by atoms with E-state index in [0.29, 0.717) is 6.42 Å². The van der Waals surface area contributed by atoms with Gasteiger partial charge in [-0.15, -0.1) is 0 Å². The van der Waals surface area contributed by atoms with Gasteiger partial charge < -0.3 is 4.79 Å². The van der Waals surface area contributed by atoms with Gasteiger partial charge in [0.1, 0.15) is 12.1 Å². The Morgan fingerprint density at radius 1 is 1.43 bits per heavy atom. The van der Waals surface area contributed by atoms with E-state index >= 15 is 0 Å². The summed E-state index contributed by atoms with van der Waals surface area (Å²) in [6, 6.07) is 6.23. The van der Waals surface area contributed by atoms with Crippen LogP contribution in [0.1, 0.15) is 18.0 Å². The molecule has 1 saturated heterocycles. The van der Waals surface area contributed by atoms with Gasteiger partial charge in [0.15, 0.2) is 0 Å². The largest absolute Gasteiger partial charge is 0.302 e. The van der Waals surface area contributed by atoms with Crippen LogP contribution in [0, 0.1) is 5.82 Å². The standard InChI is InChI=1S/C10H11FN2O/c11-8-3-1-2-7(4-8)10-5-9(6-14)12-13-10/h1-4,6,9-10,12-13H,5H2. The molecule has 2 unspecified atom stereocenters. The lowest BCUT2D eigenvalue weighted by atomic mass is 10.0. The third-order valence-electron chi connectivity index (χ3n) is 2.35. The van der Waals surface area contributed by atoms with Crippen molar-refractivity contribution in [2.45, 2.75) is 18.5 Å². The van der Waals surface area contributed by atoms with Crippen molar-refractivity contribution < 1.29 is 9.18 Å². The summed E-state index contributed by atoms with van der Waals surface area (Å²) in [6.45, 7) is 0. The minimum absolute atomic E-state index is 0.0147. The van der Waals surface area contributed by atoms with Gasteiger partial charge in [-0.05, 0) is 24.1 Å². The second-order valence-electron chi connectivity index (χ2n) is 3.37. The van der Waals surface area contributed by atoms with Crippen LogP contribution in [-0.4, -0.2) is 12.3 Å². The third kappa shape index (κ3) is 1.81. The maximum atomic E-state index is 12.9. The van der Waals surface area contributed by atoms with Crippen molar-refractivity contribution in [2.75, 3.05) is 0 Å². The van der Waals surface area contributed by atoms with Crippen LogP contribution in [0.4, 0.5) is 4.39 Å². The SMILES string of the molecule is O=CC1CC(c2cccc(F)c2)NN1. The molecule has 0 spiro atoms. The average Bonchev–Trinajstić information content (AvgIpc) is 2.66. The molecule has 0 saturated carbocycles. The van der Waals surface area contributed by atoms with Gasteiger partial charge in [0, 0.05) is 6.04 Å². The minimum atomic E-state index is -0.251. The minimum Gasteiger partial charge on any atom is -0.302 e. The lowest BCUT2D eigenvalue weighted by Crippen LogP contribution is -2.31. The van der Waals surface area contributed by atoms with E-state index in [0.717, 1.165) is 11.8 Å². The van der Waals surface area contributed by atoms with E-state index in [1.807, 2.05) is 6.07 Å². The summed E-state index contributed by atoms with van der Waals surface area (Å²) in [5, 5.41) is 0. The van der Waals surface area contributed by atoms with E-state index < -0.39 is 0 Å². The number of carbonyl (C=O) groups is 1. The molecule has 2 rings (SSSR count). The van der Waals surface area contributed by atoms with Gasteiger partial charge in [0.05, 0.1) is 6.04 Å². The highest BCUT2D eigenvalue weighted by Crippen LogP contribution is 2.21. The van der Waals surface area contributed by atoms with Gasteiger partial charge in [-0.25, -0.2) is 15.2 Å². The van der Waals surface area contributed by atoms with Gasteiger partial charge in [-0.3, -0.25) is 0 Å². The molecule has 74 valence electrons. The predicted molar refractivity (Wildman–Crippen MR) is 49.9 cm³/mol. The van der Waals surface area contributed by atoms with E-state index in [4.69, 9.17) is 0 Å². The Morgan fingerprint density at radius 3 is 2.93 bits per heavy atom. The molecule has 0 aromatic heterocycles. The van der Waals surface area contributed by atoms with Crippen LogP contribution < -0.4 is 10.9 Å². The molecule has 1 aliphatic heterocycles. The molecule has 1 heterocycles. The van der Waals surface area contributed by atoms with Crippen LogP contribution in [-0.2, 0) is 4.79 Å². The number of nitrogens with one attached hydrogen (secondary N) is 2. The molecule has 14 heavy (non-hydrogen) atoms. The summed E-state index contributed by atoms with van der Waals surface area (Å²) >= 11 is 0. The summed E-state index contributed by atoms with van der Waals surface area (Å²) < 4.78 is 12.9. The summed E-state index contributed by atoms with van der Waals surface area (Å²) in [7, 11) is 0. The van der Waals surface area contributed by atoms with Crippen LogP contribution >= 0.6 is 0 Å². The average molecular weight is 194 g/mol. The lowest BCUT2D eigenvalue weighted by Gasteiger charge is -2.08. The molecule has 2 N–H and O–H groups in total. The zero-order valence-corrected chi connectivity index (χ0v) is 7.53. The summed E-state index contributed by atoms with van der Waals surface area (Å²) in [4.78, 5) is 10.5. The number of aldehydes is 1. The van der Waals surface area contributed by atoms with Crippen molar-refractivity contribution in [3.05, 3.63) is 35.6 Å². The zero-order valence-electron chi connectivity index (χ0n) is 7.53. The Kier molecular flexibility index (Phi) is 2.56. The number of hydrazine groups is 1. The molecule has 1 aromatic carbocycles. The number of carbonyl (C=O) groups excluding carboxylic acids is 1. The molecule has 0 radical (unpaired) electrons. The van der Waals surface area contributed by atoms with Crippen LogP contribution in [0.5, 0.6) is 0 Å². The van der Waals surface area contributed by atoms with E-state index in [2.05, 4.69) is 10.9 Å². The molecule has 2 atom stereocenters. The highest BCUT2D eigenvalue weighted by Gasteiger charge is 2.24. The van der Waals surface area contributed by atoms with Crippen LogP contribution in [0.2, 0.25) is 0 Å². The molecular weight excluding hydrogens is 183 g/mol. The van der Waals surface area contributed by atoms with Crippen molar-refractivity contribution in [1.82, 2.24) is 10.9 Å². The molecule has 0 bridgehead atoms. The summed E-state index contributed by atoms with van der Waals surface area (Å²) in [5.74, 6) is -0.251. The molecule has 1 aromatic rings. The Bertz CT molecular complexity index is 343. The lowest BCUT2D eigenvalue weighted by molar-refractivity contribution is -0.109. The second kappa shape index (κ2) is 3.86. The van der Waals surface area contributed by atoms with Crippen LogP contribution in [0.15, 0.2) is 24.3 Å². The van der Waals surface area contributed by atoms with E-state index in [1.54, 1.807) is 6.07 Å². The van der Waals surface area contributed by atoms with Gasteiger partial charge >= 0.3 is 0 Å². The number of halogens is 1. The zero-order chi connectivity index (χ0) is 9.97. The first-order valence-corrected chi connectivity index (χ1v) is 4.51. The molecule has 0 amide bonds. The molecular formula is C10H11FN2O. The van der Waals surface area contributed by atoms with Gasteiger partial charge in [0.2, 0.25) is 0 Å². The first-order valence-electron chi connectivity index (χ1n) is 4.51. The van der Waals surface area contributed by atoms with Crippen LogP contribution in [0.3, 0.4) is 0 Å². The normalized spacial score (nSPS) is 26.4. The molecule has 3 nitrogen and oxygen atoms in total. The quantitative estimate of drug-likeness (QED) is 0.688. The highest BCUT2D eigenvalue weighted by atomic mass is 19.1. The Labute approximate surface area is 81.3 Å². The topological polar surface area (TPSA) is 41.1 Å². The van der Waals surface area contributed by atoms with Crippen molar-refractivity contribution in [2.24, 2.45) is 0 Å². The van der Waals surface area contributed by atoms with Crippen molar-refractivity contribution in [1.29, 1.82) is 0 Å². The van der Waals surface area contributed by atoms with Crippen LogP contribution in [0.25, 0.3) is 0 Å². The molecule has 4 heteroatoms. The summed E-state index contributed by atoms with van der Waals surface area (Å²) in [6.07, 6.45) is 1.51. The second-order valence-corrected chi connectivity index (χ2v) is 3.37. The fraction of sp³-hybridized carbons (Fsp3) is 0.300. The molecule has 0 aliphatic carbocycles. The van der Waals surface area contributed by atoms with E-state index in [-0.39, 0.29) is 17.9 Å². The van der Waals surface area contributed by atoms with Gasteiger partial charge in [-0.2, -0.15) is 0 Å². The fourth-order valence-electron chi connectivity index (χ4n) is 1.61. The summed E-state index contributed by atoms with van der Waals surface area (Å²) in [5.41, 5.74) is 6.65. The maximum absolute atomic E-state index is 12.9. The maximum Gasteiger partial charge on any atom is 0.138 e. The number of benzene rings is 1. The van der Waals surface area contributed by atoms with Gasteiger partial charge in [0.25, 0.3) is 0 Å². The monoisotopic (exact) mass is 194 g/mol. The van der Waals surface area contributed by atoms with E-state index in [1.165, 1.54) is 12.1 Å². The number of hydrogen-bond donors (Lipinski definition) is 2. The first-order chi connectivity index (χ1) is 6.79. The first kappa shape index (κ1) is 9.30. The van der Waals surface area contributed by atoms with Crippen molar-refractivity contribution >= 4 is 6.29 Å². The predicted octanol–water partition coefficient (Wildman–Crippen LogP) is 0.932. The smallest absolute Gasteiger partial charge is 0.138 e.